The van der Waals surface area contributed by atoms with E-state index in [1.54, 1.807) is 24.4 Å². The van der Waals surface area contributed by atoms with Gasteiger partial charge in [0.2, 0.25) is 5.88 Å². The highest BCUT2D eigenvalue weighted by molar-refractivity contribution is 6.30. The summed E-state index contributed by atoms with van der Waals surface area (Å²) in [6.07, 6.45) is 3.07. The van der Waals surface area contributed by atoms with E-state index in [-0.39, 0.29) is 17.2 Å². The number of hydrogen-bond acceptors (Lipinski definition) is 5. The number of nitrogens with zero attached hydrogens (tertiary/aromatic N) is 4. The van der Waals surface area contributed by atoms with Crippen LogP contribution in [0.3, 0.4) is 0 Å². The van der Waals surface area contributed by atoms with Crippen LogP contribution in [0.15, 0.2) is 54.9 Å². The van der Waals surface area contributed by atoms with E-state index in [1.807, 2.05) is 36.1 Å². The van der Waals surface area contributed by atoms with E-state index in [9.17, 15) is 4.79 Å². The molecule has 0 saturated carbocycles. The Hall–Kier alpha value is -2.70. The molecule has 1 aromatic carbocycles. The van der Waals surface area contributed by atoms with Gasteiger partial charge in [-0.2, -0.15) is 10.2 Å². The van der Waals surface area contributed by atoms with E-state index < -0.39 is 0 Å². The lowest BCUT2D eigenvalue weighted by Crippen LogP contribution is -2.35. The molecule has 2 aromatic heterocycles. The van der Waals surface area contributed by atoms with Crippen molar-refractivity contribution in [2.24, 2.45) is 5.41 Å². The largest absolute Gasteiger partial charge is 0.477 e. The molecule has 0 radical (unpaired) electrons. The van der Waals surface area contributed by atoms with E-state index in [2.05, 4.69) is 22.1 Å². The molecule has 1 amide bonds. The number of rotatable bonds is 5. The molecule has 3 aromatic rings. The van der Waals surface area contributed by atoms with Crippen LogP contribution in [0.4, 0.5) is 0 Å². The molecule has 4 rings (SSSR count). The predicted octanol–water partition coefficient (Wildman–Crippen LogP) is 4.81. The molecule has 0 N–H and O–H groups in total. The summed E-state index contributed by atoms with van der Waals surface area (Å²) in [7, 11) is 0. The van der Waals surface area contributed by atoms with Crippen LogP contribution < -0.4 is 4.74 Å². The Morgan fingerprint density at radius 1 is 1.16 bits per heavy atom. The summed E-state index contributed by atoms with van der Waals surface area (Å²) in [5.41, 5.74) is 2.02. The van der Waals surface area contributed by atoms with E-state index in [4.69, 9.17) is 27.9 Å². The number of pyridine rings is 1. The maximum Gasteiger partial charge on any atom is 0.255 e. The van der Waals surface area contributed by atoms with Gasteiger partial charge >= 0.3 is 0 Å². The van der Waals surface area contributed by atoms with Gasteiger partial charge < -0.3 is 9.64 Å². The third kappa shape index (κ3) is 4.81. The number of ether oxygens (including phenoxy) is 1. The highest BCUT2D eigenvalue weighted by Crippen LogP contribution is 2.43. The summed E-state index contributed by atoms with van der Waals surface area (Å²) in [5.74, 6) is 0.501. The van der Waals surface area contributed by atoms with Gasteiger partial charge in [-0.3, -0.25) is 4.79 Å². The smallest absolute Gasteiger partial charge is 0.255 e. The molecule has 0 spiro atoms. The lowest BCUT2D eigenvalue weighted by molar-refractivity contribution is 0.0757. The van der Waals surface area contributed by atoms with Crippen molar-refractivity contribution in [1.29, 1.82) is 0 Å². The van der Waals surface area contributed by atoms with E-state index in [0.29, 0.717) is 46.9 Å². The van der Waals surface area contributed by atoms with Gasteiger partial charge in [-0.15, -0.1) is 0 Å². The van der Waals surface area contributed by atoms with E-state index in [1.165, 1.54) is 6.20 Å². The zero-order valence-electron chi connectivity index (χ0n) is 17.3. The number of amides is 1. The molecule has 0 bridgehead atoms. The van der Waals surface area contributed by atoms with Crippen LogP contribution in [0.1, 0.15) is 34.5 Å². The molecule has 8 heteroatoms. The first-order valence-corrected chi connectivity index (χ1v) is 10.7. The van der Waals surface area contributed by atoms with Gasteiger partial charge in [0, 0.05) is 41.7 Å². The summed E-state index contributed by atoms with van der Waals surface area (Å²) in [6, 6.07) is 13.0. The van der Waals surface area contributed by atoms with Crippen LogP contribution in [0.2, 0.25) is 10.0 Å². The summed E-state index contributed by atoms with van der Waals surface area (Å²) >= 11 is 12.0. The maximum absolute atomic E-state index is 13.2. The first kappa shape index (κ1) is 21.5. The Kier molecular flexibility index (Phi) is 6.12. The molecule has 3 heterocycles. The first-order valence-electron chi connectivity index (χ1n) is 9.92. The number of benzene rings is 1. The Labute approximate surface area is 191 Å². The van der Waals surface area contributed by atoms with Crippen molar-refractivity contribution < 1.29 is 9.53 Å². The highest BCUT2D eigenvalue weighted by Gasteiger charge is 2.46. The van der Waals surface area contributed by atoms with Crippen molar-refractivity contribution in [3.05, 3.63) is 81.7 Å². The second kappa shape index (κ2) is 8.81. The minimum Gasteiger partial charge on any atom is -0.477 e. The Morgan fingerprint density at radius 2 is 1.90 bits per heavy atom. The summed E-state index contributed by atoms with van der Waals surface area (Å²) < 4.78 is 6.02. The van der Waals surface area contributed by atoms with E-state index in [0.717, 1.165) is 5.56 Å². The van der Waals surface area contributed by atoms with Crippen LogP contribution in [-0.4, -0.2) is 45.7 Å². The average molecular weight is 457 g/mol. The normalized spacial score (nSPS) is 20.6. The third-order valence-corrected chi connectivity index (χ3v) is 6.11. The van der Waals surface area contributed by atoms with Crippen molar-refractivity contribution in [3.8, 4) is 5.88 Å². The molecule has 31 heavy (non-hydrogen) atoms. The maximum atomic E-state index is 13.2. The molecule has 1 aliphatic rings. The molecule has 6 nitrogen and oxygen atoms in total. The van der Waals surface area contributed by atoms with Crippen molar-refractivity contribution in [2.75, 3.05) is 19.7 Å². The zero-order valence-corrected chi connectivity index (χ0v) is 18.8. The first-order chi connectivity index (χ1) is 14.8. The monoisotopic (exact) mass is 456 g/mol. The van der Waals surface area contributed by atoms with Gasteiger partial charge in [-0.25, -0.2) is 4.98 Å². The summed E-state index contributed by atoms with van der Waals surface area (Å²) in [4.78, 5) is 19.3. The minimum atomic E-state index is -0.333. The molecular weight excluding hydrogens is 435 g/mol. The van der Waals surface area contributed by atoms with Crippen molar-refractivity contribution in [3.63, 3.8) is 0 Å². The van der Waals surface area contributed by atoms with Gasteiger partial charge in [0.25, 0.3) is 5.91 Å². The van der Waals surface area contributed by atoms with Crippen molar-refractivity contribution in [1.82, 2.24) is 20.1 Å². The third-order valence-electron chi connectivity index (χ3n) is 5.63. The van der Waals surface area contributed by atoms with Crippen molar-refractivity contribution >= 4 is 29.1 Å². The van der Waals surface area contributed by atoms with Crippen LogP contribution in [0.25, 0.3) is 0 Å². The number of aryl methyl sites for hydroxylation is 1. The van der Waals surface area contributed by atoms with Crippen LogP contribution in [-0.2, 0) is 0 Å². The van der Waals surface area contributed by atoms with Gasteiger partial charge in [0.15, 0.2) is 0 Å². The number of hydrogen-bond donors (Lipinski definition) is 0. The van der Waals surface area contributed by atoms with E-state index >= 15 is 0 Å². The van der Waals surface area contributed by atoms with Gasteiger partial charge in [-0.05, 0) is 36.8 Å². The Morgan fingerprint density at radius 3 is 2.58 bits per heavy atom. The number of carbonyl (C=O) groups excluding carboxylic acids is 1. The topological polar surface area (TPSA) is 68.2 Å². The fourth-order valence-electron chi connectivity index (χ4n) is 4.01. The molecule has 2 atom stereocenters. The molecule has 160 valence electrons. The molecule has 0 aliphatic carbocycles. The lowest BCUT2D eigenvalue weighted by Gasteiger charge is -2.30. The standard InChI is InChI=1S/C23H22Cl2N4O2/c1-15-9-17(10-27-28-15)22(30)29-12-20(16-3-5-18(24)6-4-16)23(2,13-29)14-31-21-8-7-19(25)11-26-21/h3-11,20H,12-14H2,1-2H3/t20?,23-/m1/s1. The molecular formula is C23H22Cl2N4O2. The number of likely N-dealkylation sites (tertiary alicyclic amines) is 1. The van der Waals surface area contributed by atoms with Gasteiger partial charge in [-0.1, -0.05) is 42.3 Å². The van der Waals surface area contributed by atoms with Crippen LogP contribution in [0.5, 0.6) is 5.88 Å². The Balaban J connectivity index is 1.60. The fourth-order valence-corrected chi connectivity index (χ4v) is 4.25. The van der Waals surface area contributed by atoms with Crippen LogP contribution >= 0.6 is 23.2 Å². The molecule has 1 aliphatic heterocycles. The molecule has 1 saturated heterocycles. The average Bonchev–Trinajstić information content (AvgIpc) is 3.11. The van der Waals surface area contributed by atoms with Crippen LogP contribution in [0, 0.1) is 12.3 Å². The number of aromatic nitrogens is 3. The summed E-state index contributed by atoms with van der Waals surface area (Å²) in [5, 5.41) is 9.10. The molecule has 1 unspecified atom stereocenters. The van der Waals surface area contributed by atoms with Gasteiger partial charge in [0.1, 0.15) is 0 Å². The second-order valence-electron chi connectivity index (χ2n) is 8.13. The number of carbonyl (C=O) groups is 1. The minimum absolute atomic E-state index is 0.0645. The summed E-state index contributed by atoms with van der Waals surface area (Å²) in [6.45, 7) is 5.45. The quantitative estimate of drug-likeness (QED) is 0.550. The fraction of sp³-hybridized carbons (Fsp3) is 0.304. The van der Waals surface area contributed by atoms with Gasteiger partial charge in [0.05, 0.1) is 29.1 Å². The second-order valence-corrected chi connectivity index (χ2v) is 9.01. The lowest BCUT2D eigenvalue weighted by atomic mass is 9.77. The predicted molar refractivity (Wildman–Crippen MR) is 120 cm³/mol. The number of halogens is 2. The SMILES string of the molecule is Cc1cc(C(=O)N2CC(c3ccc(Cl)cc3)[C@@](C)(COc3ccc(Cl)cn3)C2)cnn1. The molecule has 1 fully saturated rings. The zero-order chi connectivity index (χ0) is 22.0. The Bertz CT molecular complexity index is 1080. The highest BCUT2D eigenvalue weighted by atomic mass is 35.5. The van der Waals surface area contributed by atoms with Crippen molar-refractivity contribution in [2.45, 2.75) is 19.8 Å².